The first-order chi connectivity index (χ1) is 13.6. The van der Waals surface area contributed by atoms with Crippen molar-refractivity contribution in [2.45, 2.75) is 15.5 Å². The topological polar surface area (TPSA) is 148 Å². The van der Waals surface area contributed by atoms with Crippen molar-refractivity contribution in [3.8, 4) is 0 Å². The average Bonchev–Trinajstić information content (AvgIpc) is 3.33. The Morgan fingerprint density at radius 3 is 2.41 bits per heavy atom. The number of benzene rings is 1. The zero-order valence-corrected chi connectivity index (χ0v) is 18.0. The number of rotatable bonds is 8. The Hall–Kier alpha value is -2.32. The third kappa shape index (κ3) is 5.61. The van der Waals surface area contributed by atoms with E-state index >= 15 is 0 Å². The number of thiophene rings is 1. The quantitative estimate of drug-likeness (QED) is 0.454. The molecule has 0 saturated carbocycles. The second-order valence-electron chi connectivity index (χ2n) is 5.77. The van der Waals surface area contributed by atoms with Crippen molar-refractivity contribution in [2.75, 3.05) is 11.3 Å². The van der Waals surface area contributed by atoms with Crippen LogP contribution in [0.4, 0.5) is 5.13 Å². The smallest absolute Gasteiger partial charge is 0.273 e. The molecule has 0 unspecified atom stereocenters. The maximum atomic E-state index is 12.2. The van der Waals surface area contributed by atoms with E-state index in [-0.39, 0.29) is 19.9 Å². The van der Waals surface area contributed by atoms with Crippen molar-refractivity contribution in [3.05, 3.63) is 58.4 Å². The molecule has 154 valence electrons. The van der Waals surface area contributed by atoms with E-state index in [4.69, 9.17) is 5.14 Å². The van der Waals surface area contributed by atoms with Crippen molar-refractivity contribution in [1.82, 2.24) is 10.3 Å². The lowest BCUT2D eigenvalue weighted by atomic mass is 10.1. The highest BCUT2D eigenvalue weighted by Gasteiger charge is 2.18. The lowest BCUT2D eigenvalue weighted by Crippen LogP contribution is -2.26. The van der Waals surface area contributed by atoms with Crippen LogP contribution in [-0.4, -0.2) is 34.3 Å². The Morgan fingerprint density at radius 1 is 1.07 bits per heavy atom. The molecule has 1 amide bonds. The Bertz CT molecular complexity index is 1200. The van der Waals surface area contributed by atoms with Gasteiger partial charge in [0.25, 0.3) is 15.9 Å². The van der Waals surface area contributed by atoms with Crippen LogP contribution in [-0.2, 0) is 26.5 Å². The highest BCUT2D eigenvalue weighted by Crippen LogP contribution is 2.22. The third-order valence-corrected chi connectivity index (χ3v) is 8.22. The first-order valence-corrected chi connectivity index (χ1v) is 12.9. The van der Waals surface area contributed by atoms with Gasteiger partial charge < -0.3 is 5.32 Å². The lowest BCUT2D eigenvalue weighted by molar-refractivity contribution is 0.0950. The van der Waals surface area contributed by atoms with Crippen LogP contribution in [0.5, 0.6) is 0 Å². The Kier molecular flexibility index (Phi) is 6.33. The minimum absolute atomic E-state index is 0.0188. The molecule has 0 atom stereocenters. The third-order valence-electron chi connectivity index (χ3n) is 3.67. The van der Waals surface area contributed by atoms with Crippen LogP contribution in [0.3, 0.4) is 0 Å². The summed E-state index contributed by atoms with van der Waals surface area (Å²) in [6.07, 6.45) is 0.471. The number of amides is 1. The number of aromatic nitrogens is 1. The van der Waals surface area contributed by atoms with Crippen LogP contribution in [0.15, 0.2) is 56.3 Å². The summed E-state index contributed by atoms with van der Waals surface area (Å²) in [5.41, 5.74) is 0.920. The Morgan fingerprint density at radius 2 is 1.79 bits per heavy atom. The van der Waals surface area contributed by atoms with Crippen LogP contribution < -0.4 is 15.2 Å². The molecule has 3 aromatic rings. The summed E-state index contributed by atoms with van der Waals surface area (Å²) in [6.45, 7) is 0.293. The van der Waals surface area contributed by atoms with E-state index in [1.54, 1.807) is 23.6 Å². The molecule has 0 radical (unpaired) electrons. The number of thiazole rings is 1. The molecule has 3 rings (SSSR count). The van der Waals surface area contributed by atoms with Gasteiger partial charge >= 0.3 is 0 Å². The van der Waals surface area contributed by atoms with Crippen LogP contribution in [0, 0.1) is 0 Å². The molecule has 0 aliphatic heterocycles. The van der Waals surface area contributed by atoms with Gasteiger partial charge in [-0.3, -0.25) is 9.52 Å². The molecule has 13 heteroatoms. The summed E-state index contributed by atoms with van der Waals surface area (Å²) in [5.74, 6) is -0.441. The van der Waals surface area contributed by atoms with E-state index in [1.165, 1.54) is 23.6 Å². The predicted octanol–water partition coefficient (Wildman–Crippen LogP) is 1.63. The molecule has 0 spiro atoms. The number of carbonyl (C=O) groups excluding carboxylic acids is 1. The van der Waals surface area contributed by atoms with Gasteiger partial charge in [-0.1, -0.05) is 18.2 Å². The predicted molar refractivity (Wildman–Crippen MR) is 111 cm³/mol. The minimum Gasteiger partial charge on any atom is -0.350 e. The number of sulfonamides is 2. The molecule has 0 bridgehead atoms. The van der Waals surface area contributed by atoms with Gasteiger partial charge in [-0.2, -0.15) is 0 Å². The van der Waals surface area contributed by atoms with E-state index < -0.39 is 26.0 Å². The second kappa shape index (κ2) is 8.59. The van der Waals surface area contributed by atoms with E-state index in [0.29, 0.717) is 13.0 Å². The number of carbonyl (C=O) groups is 1. The zero-order chi connectivity index (χ0) is 21.1. The normalized spacial score (nSPS) is 11.9. The SMILES string of the molecule is NS(=O)(=O)c1ccc(CCNC(=O)c2csc(NS(=O)(=O)c3cccs3)n2)cc1. The van der Waals surface area contributed by atoms with Crippen molar-refractivity contribution in [2.24, 2.45) is 5.14 Å². The van der Waals surface area contributed by atoms with Gasteiger partial charge in [0.05, 0.1) is 4.90 Å². The van der Waals surface area contributed by atoms with Gasteiger partial charge in [0.2, 0.25) is 10.0 Å². The molecule has 0 aliphatic carbocycles. The number of nitrogens with one attached hydrogen (secondary N) is 2. The molecule has 9 nitrogen and oxygen atoms in total. The fourth-order valence-electron chi connectivity index (χ4n) is 2.26. The Balaban J connectivity index is 1.54. The molecule has 0 saturated heterocycles. The van der Waals surface area contributed by atoms with Crippen molar-refractivity contribution >= 4 is 53.8 Å². The lowest BCUT2D eigenvalue weighted by Gasteiger charge is -2.05. The van der Waals surface area contributed by atoms with Crippen molar-refractivity contribution in [3.63, 3.8) is 0 Å². The maximum absolute atomic E-state index is 12.2. The molecular formula is C16H16N4O5S4. The molecule has 29 heavy (non-hydrogen) atoms. The molecular weight excluding hydrogens is 456 g/mol. The summed E-state index contributed by atoms with van der Waals surface area (Å²) in [5, 5.41) is 10.9. The summed E-state index contributed by atoms with van der Waals surface area (Å²) in [7, 11) is -7.46. The number of nitrogens with zero attached hydrogens (tertiary/aromatic N) is 1. The standard InChI is InChI=1S/C16H16N4O5S4/c17-28(22,23)12-5-3-11(4-6-12)7-8-18-15(21)13-10-27-16(19-13)20-29(24,25)14-2-1-9-26-14/h1-6,9-10H,7-8H2,(H,18,21)(H,19,20)(H2,17,22,23). The molecule has 4 N–H and O–H groups in total. The Labute approximate surface area is 175 Å². The largest absolute Gasteiger partial charge is 0.350 e. The van der Waals surface area contributed by atoms with Crippen molar-refractivity contribution in [1.29, 1.82) is 0 Å². The number of hydrogen-bond donors (Lipinski definition) is 3. The van der Waals surface area contributed by atoms with E-state index in [2.05, 4.69) is 15.0 Å². The van der Waals surface area contributed by atoms with Crippen LogP contribution >= 0.6 is 22.7 Å². The number of primary sulfonamides is 1. The first kappa shape index (κ1) is 21.4. The molecule has 0 fully saturated rings. The molecule has 1 aromatic carbocycles. The summed E-state index contributed by atoms with van der Waals surface area (Å²) >= 11 is 2.09. The van der Waals surface area contributed by atoms with E-state index in [0.717, 1.165) is 28.2 Å². The summed E-state index contributed by atoms with van der Waals surface area (Å²) < 4.78 is 49.3. The van der Waals surface area contributed by atoms with Gasteiger partial charge in [-0.15, -0.1) is 22.7 Å². The minimum atomic E-state index is -3.74. The highest BCUT2D eigenvalue weighted by molar-refractivity contribution is 7.94. The second-order valence-corrected chi connectivity index (χ2v) is 11.0. The fourth-order valence-corrected chi connectivity index (χ4v) is 5.71. The first-order valence-electron chi connectivity index (χ1n) is 8.07. The summed E-state index contributed by atoms with van der Waals surface area (Å²) in [6, 6.07) is 9.14. The highest BCUT2D eigenvalue weighted by atomic mass is 32.2. The zero-order valence-electron chi connectivity index (χ0n) is 14.7. The average molecular weight is 473 g/mol. The van der Waals surface area contributed by atoms with Gasteiger partial charge in [-0.05, 0) is 35.6 Å². The van der Waals surface area contributed by atoms with Gasteiger partial charge in [0.15, 0.2) is 5.13 Å². The maximum Gasteiger partial charge on any atom is 0.273 e. The monoisotopic (exact) mass is 472 g/mol. The number of hydrogen-bond acceptors (Lipinski definition) is 8. The van der Waals surface area contributed by atoms with Crippen LogP contribution in [0.2, 0.25) is 0 Å². The van der Waals surface area contributed by atoms with Gasteiger partial charge in [-0.25, -0.2) is 27.0 Å². The fraction of sp³-hybridized carbons (Fsp3) is 0.125. The number of nitrogens with two attached hydrogens (primary N) is 1. The van der Waals surface area contributed by atoms with E-state index in [1.807, 2.05) is 0 Å². The summed E-state index contributed by atoms with van der Waals surface area (Å²) in [4.78, 5) is 16.2. The van der Waals surface area contributed by atoms with Crippen molar-refractivity contribution < 1.29 is 21.6 Å². The molecule has 0 aliphatic rings. The van der Waals surface area contributed by atoms with Gasteiger partial charge in [0.1, 0.15) is 9.90 Å². The van der Waals surface area contributed by atoms with Crippen LogP contribution in [0.25, 0.3) is 0 Å². The number of anilines is 1. The van der Waals surface area contributed by atoms with Crippen LogP contribution in [0.1, 0.15) is 16.1 Å². The van der Waals surface area contributed by atoms with Gasteiger partial charge in [0, 0.05) is 11.9 Å². The van der Waals surface area contributed by atoms with E-state index in [9.17, 15) is 21.6 Å². The molecule has 2 heterocycles. The molecule has 2 aromatic heterocycles.